The molecule has 3 aromatic rings. The Bertz CT molecular complexity index is 918. The summed E-state index contributed by atoms with van der Waals surface area (Å²) in [5.74, 6) is 0.824. The monoisotopic (exact) mass is 318 g/mol. The highest BCUT2D eigenvalue weighted by molar-refractivity contribution is 5.97. The lowest BCUT2D eigenvalue weighted by Gasteiger charge is -2.44. The number of likely N-dealkylation sites (tertiary alicyclic amines) is 1. The second-order valence-electron chi connectivity index (χ2n) is 6.73. The average Bonchev–Trinajstić information content (AvgIpc) is 3.19. The average molecular weight is 318 g/mol. The SMILES string of the molecule is O=C(c1cnc2c(c1)ncn2-c1ccccc1)N1C[C@@H]2CCC[C@@H]21. The van der Waals surface area contributed by atoms with Crippen LogP contribution in [0.15, 0.2) is 48.9 Å². The lowest BCUT2D eigenvalue weighted by Crippen LogP contribution is -2.55. The minimum absolute atomic E-state index is 0.0989. The molecule has 2 aliphatic rings. The van der Waals surface area contributed by atoms with E-state index in [1.165, 1.54) is 12.8 Å². The van der Waals surface area contributed by atoms with Crippen LogP contribution in [0.4, 0.5) is 0 Å². The quantitative estimate of drug-likeness (QED) is 0.730. The smallest absolute Gasteiger partial charge is 0.255 e. The first kappa shape index (κ1) is 13.7. The van der Waals surface area contributed by atoms with Crippen LogP contribution in [-0.2, 0) is 0 Å². The Hall–Kier alpha value is -2.69. The molecule has 0 bridgehead atoms. The van der Waals surface area contributed by atoms with E-state index in [-0.39, 0.29) is 5.91 Å². The van der Waals surface area contributed by atoms with Crippen LogP contribution in [0, 0.1) is 5.92 Å². The molecule has 1 aliphatic heterocycles. The van der Waals surface area contributed by atoms with Gasteiger partial charge in [-0.1, -0.05) is 24.6 Å². The predicted octanol–water partition coefficient (Wildman–Crippen LogP) is 3.05. The molecule has 3 heterocycles. The fourth-order valence-electron chi connectivity index (χ4n) is 4.09. The lowest BCUT2D eigenvalue weighted by molar-refractivity contribution is 0.0269. The van der Waals surface area contributed by atoms with Crippen molar-refractivity contribution in [2.24, 2.45) is 5.92 Å². The molecule has 1 amide bonds. The van der Waals surface area contributed by atoms with Crippen LogP contribution in [0.5, 0.6) is 0 Å². The van der Waals surface area contributed by atoms with E-state index >= 15 is 0 Å². The van der Waals surface area contributed by atoms with Crippen molar-refractivity contribution in [2.75, 3.05) is 6.54 Å². The van der Waals surface area contributed by atoms with Crippen LogP contribution in [-0.4, -0.2) is 37.9 Å². The maximum absolute atomic E-state index is 12.7. The second kappa shape index (κ2) is 5.16. The van der Waals surface area contributed by atoms with E-state index in [1.807, 2.05) is 45.9 Å². The van der Waals surface area contributed by atoms with Gasteiger partial charge in [-0.25, -0.2) is 9.97 Å². The molecule has 5 nitrogen and oxygen atoms in total. The first-order chi connectivity index (χ1) is 11.8. The molecule has 0 unspecified atom stereocenters. The Morgan fingerprint density at radius 2 is 2.00 bits per heavy atom. The summed E-state index contributed by atoms with van der Waals surface area (Å²) in [5, 5.41) is 0. The van der Waals surface area contributed by atoms with Crippen molar-refractivity contribution in [3.8, 4) is 5.69 Å². The Kier molecular flexibility index (Phi) is 2.95. The molecule has 5 rings (SSSR count). The summed E-state index contributed by atoms with van der Waals surface area (Å²) >= 11 is 0. The Labute approximate surface area is 139 Å². The number of imidazole rings is 1. The van der Waals surface area contributed by atoms with E-state index in [2.05, 4.69) is 9.97 Å². The predicted molar refractivity (Wildman–Crippen MR) is 91.0 cm³/mol. The van der Waals surface area contributed by atoms with Gasteiger partial charge in [-0.2, -0.15) is 0 Å². The van der Waals surface area contributed by atoms with E-state index in [4.69, 9.17) is 0 Å². The zero-order valence-corrected chi connectivity index (χ0v) is 13.3. The number of hydrogen-bond acceptors (Lipinski definition) is 3. The highest BCUT2D eigenvalue weighted by Crippen LogP contribution is 2.39. The van der Waals surface area contributed by atoms with Crippen molar-refractivity contribution in [3.63, 3.8) is 0 Å². The normalized spacial score (nSPS) is 22.4. The molecule has 1 saturated heterocycles. The van der Waals surface area contributed by atoms with Crippen molar-refractivity contribution in [1.82, 2.24) is 19.4 Å². The van der Waals surface area contributed by atoms with E-state index < -0.39 is 0 Å². The number of carbonyl (C=O) groups is 1. The molecule has 0 N–H and O–H groups in total. The van der Waals surface area contributed by atoms with Crippen LogP contribution in [0.25, 0.3) is 16.9 Å². The zero-order chi connectivity index (χ0) is 16.1. The molecule has 120 valence electrons. The van der Waals surface area contributed by atoms with E-state index in [1.54, 1.807) is 12.5 Å². The molecule has 2 atom stereocenters. The molecule has 24 heavy (non-hydrogen) atoms. The summed E-state index contributed by atoms with van der Waals surface area (Å²) in [6.07, 6.45) is 7.12. The van der Waals surface area contributed by atoms with E-state index in [0.717, 1.165) is 35.7 Å². The fourth-order valence-corrected chi connectivity index (χ4v) is 4.09. The van der Waals surface area contributed by atoms with Crippen LogP contribution < -0.4 is 0 Å². The van der Waals surface area contributed by atoms with Gasteiger partial charge < -0.3 is 4.90 Å². The van der Waals surface area contributed by atoms with Crippen molar-refractivity contribution < 1.29 is 4.79 Å². The van der Waals surface area contributed by atoms with Crippen LogP contribution in [0.2, 0.25) is 0 Å². The number of para-hydroxylation sites is 1. The molecule has 1 saturated carbocycles. The third-order valence-electron chi connectivity index (χ3n) is 5.38. The maximum atomic E-state index is 12.7. The Balaban J connectivity index is 1.48. The third kappa shape index (κ3) is 1.97. The van der Waals surface area contributed by atoms with E-state index in [0.29, 0.717) is 11.6 Å². The van der Waals surface area contributed by atoms with Gasteiger partial charge in [-0.3, -0.25) is 9.36 Å². The molecular formula is C19H18N4O. The fraction of sp³-hybridized carbons (Fsp3) is 0.316. The van der Waals surface area contributed by atoms with Crippen LogP contribution >= 0.6 is 0 Å². The standard InChI is InChI=1S/C19H18N4O/c24-19(22-11-13-5-4-8-17(13)22)14-9-16-18(20-10-14)23(12-21-16)15-6-2-1-3-7-15/h1-3,6-7,9-10,12-13,17H,4-5,8,11H2/t13-,17-/m0/s1. The van der Waals surface area contributed by atoms with Gasteiger partial charge in [0, 0.05) is 24.5 Å². The summed E-state index contributed by atoms with van der Waals surface area (Å²) in [7, 11) is 0. The number of hydrogen-bond donors (Lipinski definition) is 0. The van der Waals surface area contributed by atoms with Crippen molar-refractivity contribution in [3.05, 3.63) is 54.5 Å². The van der Waals surface area contributed by atoms with Crippen molar-refractivity contribution >= 4 is 17.1 Å². The molecule has 1 aromatic carbocycles. The number of pyridine rings is 1. The zero-order valence-electron chi connectivity index (χ0n) is 13.3. The molecule has 2 fully saturated rings. The third-order valence-corrected chi connectivity index (χ3v) is 5.38. The molecule has 5 heteroatoms. The number of carbonyl (C=O) groups excluding carboxylic acids is 1. The first-order valence-corrected chi connectivity index (χ1v) is 8.51. The number of amides is 1. The summed E-state index contributed by atoms with van der Waals surface area (Å²) in [6, 6.07) is 12.3. The van der Waals surface area contributed by atoms with Gasteiger partial charge in [-0.05, 0) is 37.0 Å². The first-order valence-electron chi connectivity index (χ1n) is 8.51. The minimum atomic E-state index is 0.0989. The molecule has 0 radical (unpaired) electrons. The molecule has 2 aromatic heterocycles. The highest BCUT2D eigenvalue weighted by Gasteiger charge is 2.44. The summed E-state index contributed by atoms with van der Waals surface area (Å²) in [4.78, 5) is 23.7. The van der Waals surface area contributed by atoms with E-state index in [9.17, 15) is 4.79 Å². The van der Waals surface area contributed by atoms with Gasteiger partial charge in [0.25, 0.3) is 5.91 Å². The number of rotatable bonds is 2. The Morgan fingerprint density at radius 3 is 2.83 bits per heavy atom. The number of fused-ring (bicyclic) bond motifs is 2. The van der Waals surface area contributed by atoms with Crippen molar-refractivity contribution in [1.29, 1.82) is 0 Å². The molecular weight excluding hydrogens is 300 g/mol. The number of nitrogens with zero attached hydrogens (tertiary/aromatic N) is 4. The molecule has 1 aliphatic carbocycles. The highest BCUT2D eigenvalue weighted by atomic mass is 16.2. The lowest BCUT2D eigenvalue weighted by atomic mass is 9.91. The minimum Gasteiger partial charge on any atom is -0.335 e. The largest absolute Gasteiger partial charge is 0.335 e. The van der Waals surface area contributed by atoms with Gasteiger partial charge >= 0.3 is 0 Å². The summed E-state index contributed by atoms with van der Waals surface area (Å²) < 4.78 is 1.94. The summed E-state index contributed by atoms with van der Waals surface area (Å²) in [6.45, 7) is 0.903. The van der Waals surface area contributed by atoms with Crippen molar-refractivity contribution in [2.45, 2.75) is 25.3 Å². The number of benzene rings is 1. The maximum Gasteiger partial charge on any atom is 0.255 e. The van der Waals surface area contributed by atoms with Crippen LogP contribution in [0.1, 0.15) is 29.6 Å². The van der Waals surface area contributed by atoms with Gasteiger partial charge in [0.2, 0.25) is 0 Å². The summed E-state index contributed by atoms with van der Waals surface area (Å²) in [5.41, 5.74) is 3.20. The second-order valence-corrected chi connectivity index (χ2v) is 6.73. The van der Waals surface area contributed by atoms with Gasteiger partial charge in [0.05, 0.1) is 5.56 Å². The van der Waals surface area contributed by atoms with Gasteiger partial charge in [0.1, 0.15) is 11.8 Å². The number of aromatic nitrogens is 3. The van der Waals surface area contributed by atoms with Gasteiger partial charge in [-0.15, -0.1) is 0 Å². The molecule has 0 spiro atoms. The Morgan fingerprint density at radius 1 is 1.12 bits per heavy atom. The van der Waals surface area contributed by atoms with Gasteiger partial charge in [0.15, 0.2) is 5.65 Å². The van der Waals surface area contributed by atoms with Crippen LogP contribution in [0.3, 0.4) is 0 Å². The topological polar surface area (TPSA) is 51.0 Å².